The Morgan fingerprint density at radius 1 is 1.64 bits per heavy atom. The SMILES string of the molecule is CCC(I)c1nc[nH]n1.O=P(O)(O)O. The van der Waals surface area contributed by atoms with Crippen LogP contribution in [0.4, 0.5) is 0 Å². The zero-order chi connectivity index (χ0) is 11.2. The van der Waals surface area contributed by atoms with E-state index in [1.807, 2.05) is 0 Å². The molecule has 14 heavy (non-hydrogen) atoms. The van der Waals surface area contributed by atoms with Crippen LogP contribution in [0.1, 0.15) is 23.1 Å². The fourth-order valence-corrected chi connectivity index (χ4v) is 0.852. The molecule has 0 aromatic carbocycles. The van der Waals surface area contributed by atoms with Gasteiger partial charge in [-0.2, -0.15) is 5.10 Å². The van der Waals surface area contributed by atoms with Gasteiger partial charge in [-0.15, -0.1) is 0 Å². The van der Waals surface area contributed by atoms with Crippen LogP contribution in [-0.2, 0) is 4.57 Å². The first-order chi connectivity index (χ1) is 6.34. The van der Waals surface area contributed by atoms with Crippen LogP contribution in [0.3, 0.4) is 0 Å². The van der Waals surface area contributed by atoms with Gasteiger partial charge < -0.3 is 14.7 Å². The van der Waals surface area contributed by atoms with Crippen LogP contribution in [0.5, 0.6) is 0 Å². The Morgan fingerprint density at radius 2 is 2.14 bits per heavy atom. The number of aromatic nitrogens is 3. The van der Waals surface area contributed by atoms with Crippen molar-refractivity contribution in [3.8, 4) is 0 Å². The Morgan fingerprint density at radius 3 is 2.43 bits per heavy atom. The molecule has 9 heteroatoms. The standard InChI is InChI=1S/C5H8IN3.H3O4P/c1-2-4(6)5-7-3-8-9-5;1-5(2,3)4/h3-4H,2H2,1H3,(H,7,8,9);(H3,1,2,3,4). The quantitative estimate of drug-likeness (QED) is 0.360. The van der Waals surface area contributed by atoms with Gasteiger partial charge in [0.2, 0.25) is 0 Å². The number of hydrogen-bond donors (Lipinski definition) is 4. The molecule has 0 radical (unpaired) electrons. The van der Waals surface area contributed by atoms with Crippen LogP contribution in [0.25, 0.3) is 0 Å². The maximum absolute atomic E-state index is 8.88. The fraction of sp³-hybridized carbons (Fsp3) is 0.600. The number of nitrogens with one attached hydrogen (secondary N) is 1. The molecule has 0 aliphatic heterocycles. The predicted octanol–water partition coefficient (Wildman–Crippen LogP) is 0.762. The van der Waals surface area contributed by atoms with Crippen LogP contribution in [0.2, 0.25) is 0 Å². The molecule has 1 aromatic rings. The second-order valence-corrected chi connectivity index (χ2v) is 4.78. The molecule has 0 amide bonds. The average Bonchev–Trinajstić information content (AvgIpc) is 2.51. The summed E-state index contributed by atoms with van der Waals surface area (Å²) in [5.74, 6) is 0.901. The molecular weight excluding hydrogens is 324 g/mol. The van der Waals surface area contributed by atoms with Crippen molar-refractivity contribution in [2.24, 2.45) is 0 Å². The molecule has 0 aliphatic rings. The van der Waals surface area contributed by atoms with Crippen molar-refractivity contribution < 1.29 is 19.2 Å². The molecule has 82 valence electrons. The number of aromatic amines is 1. The highest BCUT2D eigenvalue weighted by Crippen LogP contribution is 2.25. The molecule has 0 fully saturated rings. The summed E-state index contributed by atoms with van der Waals surface area (Å²) in [6.07, 6.45) is 2.69. The fourth-order valence-electron chi connectivity index (χ4n) is 0.552. The third kappa shape index (κ3) is 8.57. The van der Waals surface area contributed by atoms with Gasteiger partial charge in [-0.25, -0.2) is 9.55 Å². The third-order valence-electron chi connectivity index (χ3n) is 1.07. The largest absolute Gasteiger partial charge is 0.466 e. The summed E-state index contributed by atoms with van der Waals surface area (Å²) in [5, 5.41) is 6.62. The number of H-pyrrole nitrogens is 1. The van der Waals surface area contributed by atoms with E-state index in [2.05, 4.69) is 44.7 Å². The van der Waals surface area contributed by atoms with E-state index < -0.39 is 7.82 Å². The summed E-state index contributed by atoms with van der Waals surface area (Å²) < 4.78 is 9.33. The average molecular weight is 335 g/mol. The molecule has 1 heterocycles. The molecule has 0 spiro atoms. The van der Waals surface area contributed by atoms with E-state index in [4.69, 9.17) is 19.2 Å². The normalized spacial score (nSPS) is 12.9. The predicted molar refractivity (Wildman–Crippen MR) is 57.7 cm³/mol. The van der Waals surface area contributed by atoms with Crippen LogP contribution in [0, 0.1) is 0 Å². The van der Waals surface area contributed by atoms with Gasteiger partial charge in [-0.1, -0.05) is 29.5 Å². The molecule has 1 rings (SSSR count). The molecule has 0 saturated carbocycles. The van der Waals surface area contributed by atoms with Crippen molar-refractivity contribution in [2.45, 2.75) is 17.3 Å². The zero-order valence-electron chi connectivity index (χ0n) is 7.33. The van der Waals surface area contributed by atoms with Gasteiger partial charge in [0, 0.05) is 0 Å². The number of alkyl halides is 1. The van der Waals surface area contributed by atoms with E-state index in [0.29, 0.717) is 3.92 Å². The lowest BCUT2D eigenvalue weighted by Gasteiger charge is -1.96. The van der Waals surface area contributed by atoms with E-state index in [1.165, 1.54) is 0 Å². The highest BCUT2D eigenvalue weighted by atomic mass is 127. The first-order valence-corrected chi connectivity index (χ1v) is 6.43. The Hall–Kier alpha value is -0.0200. The van der Waals surface area contributed by atoms with E-state index in [9.17, 15) is 0 Å². The summed E-state index contributed by atoms with van der Waals surface area (Å²) in [6, 6.07) is 0. The molecule has 1 atom stereocenters. The second-order valence-electron chi connectivity index (χ2n) is 2.25. The molecule has 0 saturated heterocycles. The van der Waals surface area contributed by atoms with E-state index >= 15 is 0 Å². The van der Waals surface area contributed by atoms with Crippen molar-refractivity contribution in [3.63, 3.8) is 0 Å². The zero-order valence-corrected chi connectivity index (χ0v) is 10.4. The molecule has 7 nitrogen and oxygen atoms in total. The minimum absolute atomic E-state index is 0.453. The van der Waals surface area contributed by atoms with Crippen LogP contribution < -0.4 is 0 Å². The van der Waals surface area contributed by atoms with Gasteiger partial charge in [-0.05, 0) is 6.42 Å². The van der Waals surface area contributed by atoms with Gasteiger partial charge in [-0.3, -0.25) is 5.10 Å². The van der Waals surface area contributed by atoms with Crippen LogP contribution >= 0.6 is 30.4 Å². The van der Waals surface area contributed by atoms with Gasteiger partial charge >= 0.3 is 7.82 Å². The lowest BCUT2D eigenvalue weighted by atomic mass is 10.3. The topological polar surface area (TPSA) is 119 Å². The van der Waals surface area contributed by atoms with Crippen molar-refractivity contribution in [2.75, 3.05) is 0 Å². The third-order valence-corrected chi connectivity index (χ3v) is 2.51. The van der Waals surface area contributed by atoms with E-state index in [-0.39, 0.29) is 0 Å². The smallest absolute Gasteiger partial charge is 0.303 e. The Kier molecular flexibility index (Phi) is 6.45. The summed E-state index contributed by atoms with van der Waals surface area (Å²) >= 11 is 2.32. The molecular formula is C5H11IN3O4P. The van der Waals surface area contributed by atoms with Gasteiger partial charge in [0.15, 0.2) is 5.82 Å². The number of hydrogen-bond acceptors (Lipinski definition) is 3. The van der Waals surface area contributed by atoms with Crippen molar-refractivity contribution in [1.29, 1.82) is 0 Å². The molecule has 0 bridgehead atoms. The highest BCUT2D eigenvalue weighted by Gasteiger charge is 2.06. The number of nitrogens with zero attached hydrogens (tertiary/aromatic N) is 2. The van der Waals surface area contributed by atoms with Crippen molar-refractivity contribution in [3.05, 3.63) is 12.2 Å². The summed E-state index contributed by atoms with van der Waals surface area (Å²) in [7, 11) is -4.64. The maximum atomic E-state index is 8.88. The molecule has 0 aliphatic carbocycles. The first kappa shape index (κ1) is 14.0. The van der Waals surface area contributed by atoms with E-state index in [0.717, 1.165) is 12.2 Å². The first-order valence-electron chi connectivity index (χ1n) is 3.62. The number of phosphoric acid groups is 1. The van der Waals surface area contributed by atoms with Gasteiger partial charge in [0.1, 0.15) is 6.33 Å². The van der Waals surface area contributed by atoms with Gasteiger partial charge in [0.25, 0.3) is 0 Å². The molecule has 4 N–H and O–H groups in total. The monoisotopic (exact) mass is 335 g/mol. The summed E-state index contributed by atoms with van der Waals surface area (Å²) in [6.45, 7) is 2.12. The highest BCUT2D eigenvalue weighted by molar-refractivity contribution is 14.1. The van der Waals surface area contributed by atoms with Crippen molar-refractivity contribution in [1.82, 2.24) is 15.2 Å². The van der Waals surface area contributed by atoms with Crippen LogP contribution in [-0.4, -0.2) is 29.9 Å². The summed E-state index contributed by atoms with van der Waals surface area (Å²) in [4.78, 5) is 25.6. The van der Waals surface area contributed by atoms with Gasteiger partial charge in [0.05, 0.1) is 3.92 Å². The van der Waals surface area contributed by atoms with Crippen LogP contribution in [0.15, 0.2) is 6.33 Å². The van der Waals surface area contributed by atoms with Crippen molar-refractivity contribution >= 4 is 30.4 Å². The Labute approximate surface area is 94.3 Å². The van der Waals surface area contributed by atoms with E-state index in [1.54, 1.807) is 6.33 Å². The minimum Gasteiger partial charge on any atom is -0.303 e. The Bertz CT molecular complexity index is 279. The molecule has 1 unspecified atom stereocenters. The Balaban J connectivity index is 0.000000292. The molecule has 1 aromatic heterocycles. The number of halogens is 1. The summed E-state index contributed by atoms with van der Waals surface area (Å²) in [5.41, 5.74) is 0. The lowest BCUT2D eigenvalue weighted by molar-refractivity contribution is 0.275. The maximum Gasteiger partial charge on any atom is 0.466 e. The lowest BCUT2D eigenvalue weighted by Crippen LogP contribution is -1.89. The second kappa shape index (κ2) is 6.46. The number of rotatable bonds is 2. The minimum atomic E-state index is -4.64.